The van der Waals surface area contributed by atoms with Gasteiger partial charge in [-0.2, -0.15) is 0 Å². The molecule has 0 bridgehead atoms. The summed E-state index contributed by atoms with van der Waals surface area (Å²) in [6.45, 7) is 6.78. The first kappa shape index (κ1) is 10.5. The summed E-state index contributed by atoms with van der Waals surface area (Å²) >= 11 is 0. The van der Waals surface area contributed by atoms with Crippen LogP contribution in [-0.4, -0.2) is 13.6 Å². The van der Waals surface area contributed by atoms with Crippen molar-refractivity contribution in [2.24, 2.45) is 0 Å². The lowest BCUT2D eigenvalue weighted by Gasteiger charge is -1.76. The van der Waals surface area contributed by atoms with E-state index in [1.165, 1.54) is 0 Å². The van der Waals surface area contributed by atoms with Gasteiger partial charge in [-0.1, -0.05) is 6.92 Å². The van der Waals surface area contributed by atoms with E-state index in [2.05, 4.69) is 24.1 Å². The summed E-state index contributed by atoms with van der Waals surface area (Å²) < 4.78 is 0. The average molecular weight is 113 g/mol. The van der Waals surface area contributed by atoms with E-state index in [1.807, 2.05) is 20.9 Å². The molecule has 0 unspecified atom stereocenters. The molecule has 0 aliphatic heterocycles. The lowest BCUT2D eigenvalue weighted by molar-refractivity contribution is 0.864. The van der Waals surface area contributed by atoms with E-state index in [4.69, 9.17) is 0 Å². The molecule has 0 aromatic carbocycles. The van der Waals surface area contributed by atoms with Gasteiger partial charge in [0.25, 0.3) is 0 Å². The Kier molecular flexibility index (Phi) is 21.0. The molecule has 0 aliphatic carbocycles. The Morgan fingerprint density at radius 1 is 1.25 bits per heavy atom. The number of hydrogen-bond donors (Lipinski definition) is 1. The molecule has 0 spiro atoms. The third kappa shape index (κ3) is 48.8. The molecule has 0 amide bonds. The second-order valence-electron chi connectivity index (χ2n) is 1.21. The fourth-order valence-corrected chi connectivity index (χ4v) is 0. The monoisotopic (exact) mass is 113 g/mol. The molecule has 0 radical (unpaired) electrons. The lowest BCUT2D eigenvalue weighted by atomic mass is 10.7. The van der Waals surface area contributed by atoms with Crippen molar-refractivity contribution in [3.8, 4) is 11.8 Å². The summed E-state index contributed by atoms with van der Waals surface area (Å²) in [7, 11) is 1.93. The van der Waals surface area contributed by atoms with E-state index >= 15 is 0 Å². The maximum atomic E-state index is 2.93. The van der Waals surface area contributed by atoms with Crippen molar-refractivity contribution < 1.29 is 0 Å². The Morgan fingerprint density at radius 2 is 1.50 bits per heavy atom. The van der Waals surface area contributed by atoms with Crippen LogP contribution in [0.25, 0.3) is 0 Å². The van der Waals surface area contributed by atoms with Crippen molar-refractivity contribution in [3.63, 3.8) is 0 Å². The summed E-state index contributed by atoms with van der Waals surface area (Å²) in [5.41, 5.74) is 0. The minimum absolute atomic E-state index is 1.07. The fourth-order valence-electron chi connectivity index (χ4n) is 0. The van der Waals surface area contributed by atoms with Crippen LogP contribution in [0.2, 0.25) is 0 Å². The van der Waals surface area contributed by atoms with E-state index in [9.17, 15) is 0 Å². The Hall–Kier alpha value is -0.480. The second kappa shape index (κ2) is 16.0. The maximum absolute atomic E-state index is 2.93. The average Bonchev–Trinajstić information content (AvgIpc) is 1.88. The Labute approximate surface area is 52.5 Å². The van der Waals surface area contributed by atoms with Gasteiger partial charge in [0.05, 0.1) is 0 Å². The van der Waals surface area contributed by atoms with Gasteiger partial charge in [0.15, 0.2) is 0 Å². The van der Waals surface area contributed by atoms with Crippen LogP contribution in [0.5, 0.6) is 0 Å². The van der Waals surface area contributed by atoms with Gasteiger partial charge in [-0.15, -0.1) is 11.8 Å². The minimum Gasteiger partial charge on any atom is -0.320 e. The number of hydrogen-bond acceptors (Lipinski definition) is 1. The Balaban J connectivity index is 0. The highest BCUT2D eigenvalue weighted by atomic mass is 14.8. The second-order valence-corrected chi connectivity index (χ2v) is 1.21. The minimum atomic E-state index is 1.07. The van der Waals surface area contributed by atoms with Crippen LogP contribution in [0.3, 0.4) is 0 Å². The maximum Gasteiger partial charge on any atom is -0.00271 e. The topological polar surface area (TPSA) is 12.0 Å². The van der Waals surface area contributed by atoms with Crippen LogP contribution in [0.15, 0.2) is 0 Å². The lowest BCUT2D eigenvalue weighted by Crippen LogP contribution is -2.01. The largest absolute Gasteiger partial charge is 0.320 e. The molecule has 1 N–H and O–H groups in total. The van der Waals surface area contributed by atoms with Crippen molar-refractivity contribution >= 4 is 0 Å². The highest BCUT2D eigenvalue weighted by molar-refractivity contribution is 4.89. The van der Waals surface area contributed by atoms with Gasteiger partial charge in [-0.25, -0.2) is 0 Å². The summed E-state index contributed by atoms with van der Waals surface area (Å²) in [5.74, 6) is 5.36. The number of nitrogens with one attached hydrogen (secondary N) is 1. The zero-order valence-corrected chi connectivity index (χ0v) is 6.21. The molecule has 48 valence electrons. The molecular weight excluding hydrogens is 98.1 g/mol. The van der Waals surface area contributed by atoms with E-state index in [0.717, 1.165) is 6.54 Å². The molecule has 1 heteroatoms. The SMILES string of the molecule is CC#CC.CCNC. The molecule has 0 aliphatic rings. The van der Waals surface area contributed by atoms with E-state index < -0.39 is 0 Å². The molecular formula is C7H15N. The molecule has 0 rings (SSSR count). The van der Waals surface area contributed by atoms with E-state index in [0.29, 0.717) is 0 Å². The molecule has 8 heavy (non-hydrogen) atoms. The first-order valence-electron chi connectivity index (χ1n) is 2.81. The van der Waals surface area contributed by atoms with E-state index in [1.54, 1.807) is 0 Å². The first-order chi connectivity index (χ1) is 3.83. The van der Waals surface area contributed by atoms with Gasteiger partial charge in [0, 0.05) is 0 Å². The molecule has 0 atom stereocenters. The van der Waals surface area contributed by atoms with E-state index in [-0.39, 0.29) is 0 Å². The zero-order chi connectivity index (χ0) is 6.83. The summed E-state index contributed by atoms with van der Waals surface area (Å²) in [4.78, 5) is 0. The molecule has 1 nitrogen and oxygen atoms in total. The van der Waals surface area contributed by atoms with Crippen molar-refractivity contribution in [2.45, 2.75) is 20.8 Å². The fraction of sp³-hybridized carbons (Fsp3) is 0.714. The van der Waals surface area contributed by atoms with Gasteiger partial charge < -0.3 is 5.32 Å². The highest BCUT2D eigenvalue weighted by Crippen LogP contribution is 1.39. The van der Waals surface area contributed by atoms with Gasteiger partial charge >= 0.3 is 0 Å². The van der Waals surface area contributed by atoms with Crippen LogP contribution in [0, 0.1) is 11.8 Å². The van der Waals surface area contributed by atoms with Crippen LogP contribution in [0.1, 0.15) is 20.8 Å². The molecule has 0 heterocycles. The van der Waals surface area contributed by atoms with Crippen LogP contribution < -0.4 is 5.32 Å². The normalized spacial score (nSPS) is 5.50. The molecule has 0 fully saturated rings. The van der Waals surface area contributed by atoms with Gasteiger partial charge in [-0.05, 0) is 27.4 Å². The predicted octanol–water partition coefficient (Wildman–Crippen LogP) is 1.26. The van der Waals surface area contributed by atoms with Gasteiger partial charge in [0.1, 0.15) is 0 Å². The summed E-state index contributed by atoms with van der Waals surface area (Å²) in [5, 5.41) is 2.93. The summed E-state index contributed by atoms with van der Waals surface area (Å²) in [6, 6.07) is 0. The molecule has 0 aromatic heterocycles. The molecule has 0 saturated carbocycles. The quantitative estimate of drug-likeness (QED) is 0.505. The molecule has 0 aromatic rings. The van der Waals surface area contributed by atoms with Crippen molar-refractivity contribution in [1.82, 2.24) is 5.32 Å². The first-order valence-corrected chi connectivity index (χ1v) is 2.81. The van der Waals surface area contributed by atoms with Crippen molar-refractivity contribution in [1.29, 1.82) is 0 Å². The van der Waals surface area contributed by atoms with Crippen molar-refractivity contribution in [2.75, 3.05) is 13.6 Å². The highest BCUT2D eigenvalue weighted by Gasteiger charge is 1.50. The Morgan fingerprint density at radius 3 is 1.50 bits per heavy atom. The third-order valence-electron chi connectivity index (χ3n) is 0.604. The number of rotatable bonds is 1. The Bertz CT molecular complexity index is 58.2. The summed E-state index contributed by atoms with van der Waals surface area (Å²) in [6.07, 6.45) is 0. The smallest absolute Gasteiger partial charge is 0.00271 e. The van der Waals surface area contributed by atoms with Crippen LogP contribution in [0.4, 0.5) is 0 Å². The van der Waals surface area contributed by atoms with Gasteiger partial charge in [0.2, 0.25) is 0 Å². The third-order valence-corrected chi connectivity index (χ3v) is 0.604. The zero-order valence-electron chi connectivity index (χ0n) is 6.21. The van der Waals surface area contributed by atoms with Crippen molar-refractivity contribution in [3.05, 3.63) is 0 Å². The molecule has 0 saturated heterocycles. The van der Waals surface area contributed by atoms with Gasteiger partial charge in [-0.3, -0.25) is 0 Å². The van der Waals surface area contributed by atoms with Crippen LogP contribution in [-0.2, 0) is 0 Å². The predicted molar refractivity (Wildman–Crippen MR) is 38.7 cm³/mol. The standard InChI is InChI=1S/C4H6.C3H9N/c2*1-3-4-2/h1-2H3;4H,3H2,1-2H3. The van der Waals surface area contributed by atoms with Crippen LogP contribution >= 0.6 is 0 Å².